The summed E-state index contributed by atoms with van der Waals surface area (Å²) in [6.45, 7) is 5.81. The Hall–Kier alpha value is -0.200. The zero-order valence-electron chi connectivity index (χ0n) is 9.70. The largest absolute Gasteiger partial charge is 0.308 e. The molecule has 0 radical (unpaired) electrons. The lowest BCUT2D eigenvalue weighted by Gasteiger charge is -2.22. The zero-order valence-corrected chi connectivity index (χ0v) is 9.70. The highest BCUT2D eigenvalue weighted by molar-refractivity contribution is 4.46. The van der Waals surface area contributed by atoms with Gasteiger partial charge in [0.2, 0.25) is 0 Å². The summed E-state index contributed by atoms with van der Waals surface area (Å²) in [4.78, 5) is 2.08. The Morgan fingerprint density at radius 2 is 1.46 bits per heavy atom. The first kappa shape index (κ1) is 15.3. The fourth-order valence-electron chi connectivity index (χ4n) is 0.647. The minimum absolute atomic E-state index is 0.859. The summed E-state index contributed by atoms with van der Waals surface area (Å²) >= 11 is 0. The van der Waals surface area contributed by atoms with Gasteiger partial charge in [-0.05, 0) is 14.1 Å². The van der Waals surface area contributed by atoms with Crippen LogP contribution in [0.4, 0.5) is 0 Å². The molecule has 2 N–H and O–H groups in total. The van der Waals surface area contributed by atoms with Crippen molar-refractivity contribution < 1.29 is 5.21 Å². The first-order valence-corrected chi connectivity index (χ1v) is 4.57. The molecule has 0 aliphatic heterocycles. The van der Waals surface area contributed by atoms with Gasteiger partial charge in [-0.25, -0.2) is 5.01 Å². The quantitative estimate of drug-likeness (QED) is 0.611. The van der Waals surface area contributed by atoms with Crippen LogP contribution >= 0.6 is 0 Å². The molecule has 0 aliphatic rings. The SMILES string of the molecule is CC.CN(C)CCN(C)NN(C)O. The highest BCUT2D eigenvalue weighted by Crippen LogP contribution is 1.78. The van der Waals surface area contributed by atoms with Crippen molar-refractivity contribution in [3.63, 3.8) is 0 Å². The first-order chi connectivity index (χ1) is 6.02. The second kappa shape index (κ2) is 9.88. The summed E-state index contributed by atoms with van der Waals surface area (Å²) in [6, 6.07) is 0. The van der Waals surface area contributed by atoms with E-state index in [1.54, 1.807) is 5.01 Å². The van der Waals surface area contributed by atoms with Crippen molar-refractivity contribution in [2.75, 3.05) is 41.3 Å². The van der Waals surface area contributed by atoms with Crippen LogP contribution in [0.1, 0.15) is 13.8 Å². The Labute approximate surface area is 81.8 Å². The van der Waals surface area contributed by atoms with Crippen molar-refractivity contribution in [1.29, 1.82) is 0 Å². The molecular formula is C8H24N4O. The third kappa shape index (κ3) is 14.6. The number of hydrazine groups is 2. The van der Waals surface area contributed by atoms with E-state index in [2.05, 4.69) is 10.4 Å². The Morgan fingerprint density at radius 3 is 1.77 bits per heavy atom. The van der Waals surface area contributed by atoms with Crippen LogP contribution in [0.2, 0.25) is 0 Å². The Morgan fingerprint density at radius 1 is 1.00 bits per heavy atom. The van der Waals surface area contributed by atoms with Crippen molar-refractivity contribution in [3.05, 3.63) is 0 Å². The fraction of sp³-hybridized carbons (Fsp3) is 1.00. The van der Waals surface area contributed by atoms with E-state index in [0.29, 0.717) is 0 Å². The zero-order chi connectivity index (χ0) is 10.9. The maximum Gasteiger partial charge on any atom is 0.0299 e. The smallest absolute Gasteiger partial charge is 0.0299 e. The number of hydroxylamine groups is 1. The van der Waals surface area contributed by atoms with Crippen LogP contribution in [0.3, 0.4) is 0 Å². The summed E-state index contributed by atoms with van der Waals surface area (Å²) in [5.41, 5.74) is 2.69. The average molecular weight is 192 g/mol. The van der Waals surface area contributed by atoms with E-state index < -0.39 is 0 Å². The monoisotopic (exact) mass is 192 g/mol. The lowest BCUT2D eigenvalue weighted by atomic mass is 10.6. The van der Waals surface area contributed by atoms with Gasteiger partial charge in [-0.3, -0.25) is 5.21 Å². The van der Waals surface area contributed by atoms with Crippen LogP contribution in [-0.2, 0) is 0 Å². The van der Waals surface area contributed by atoms with Gasteiger partial charge in [0.15, 0.2) is 0 Å². The molecule has 0 unspecified atom stereocenters. The third-order valence-corrected chi connectivity index (χ3v) is 1.20. The topological polar surface area (TPSA) is 42.0 Å². The van der Waals surface area contributed by atoms with Gasteiger partial charge >= 0.3 is 0 Å². The molecule has 0 rings (SSSR count). The third-order valence-electron chi connectivity index (χ3n) is 1.20. The predicted molar refractivity (Wildman–Crippen MR) is 55.2 cm³/mol. The molecule has 0 saturated carbocycles. The summed E-state index contributed by atoms with van der Waals surface area (Å²) in [6.07, 6.45) is 0. The second-order valence-corrected chi connectivity index (χ2v) is 2.85. The molecule has 5 nitrogen and oxygen atoms in total. The van der Waals surface area contributed by atoms with E-state index in [0.717, 1.165) is 18.3 Å². The first-order valence-electron chi connectivity index (χ1n) is 4.57. The lowest BCUT2D eigenvalue weighted by Crippen LogP contribution is -2.46. The van der Waals surface area contributed by atoms with Gasteiger partial charge in [0.05, 0.1) is 0 Å². The van der Waals surface area contributed by atoms with Gasteiger partial charge in [-0.15, -0.1) is 5.17 Å². The van der Waals surface area contributed by atoms with Gasteiger partial charge in [0.25, 0.3) is 0 Å². The molecule has 0 bridgehead atoms. The highest BCUT2D eigenvalue weighted by Gasteiger charge is 1.98. The van der Waals surface area contributed by atoms with Crippen LogP contribution in [0.15, 0.2) is 0 Å². The number of hydrogen-bond donors (Lipinski definition) is 2. The van der Waals surface area contributed by atoms with E-state index in [1.807, 2.05) is 35.0 Å². The standard InChI is InChI=1S/C6H18N4O.C2H6/c1-8(2)5-6-9(3)7-10(4)11;1-2/h7,11H,5-6H2,1-4H3;1-2H3. The summed E-state index contributed by atoms with van der Waals surface area (Å²) in [5, 5.41) is 11.5. The highest BCUT2D eigenvalue weighted by atomic mass is 16.5. The Balaban J connectivity index is 0. The molecule has 0 fully saturated rings. The Bertz CT molecular complexity index is 98.1. The van der Waals surface area contributed by atoms with Gasteiger partial charge in [0, 0.05) is 27.2 Å². The molecule has 0 saturated heterocycles. The van der Waals surface area contributed by atoms with Crippen LogP contribution < -0.4 is 5.53 Å². The molecule has 13 heavy (non-hydrogen) atoms. The van der Waals surface area contributed by atoms with Crippen LogP contribution in [0.25, 0.3) is 0 Å². The van der Waals surface area contributed by atoms with Gasteiger partial charge in [-0.2, -0.15) is 5.53 Å². The van der Waals surface area contributed by atoms with Crippen LogP contribution in [0.5, 0.6) is 0 Å². The van der Waals surface area contributed by atoms with E-state index in [9.17, 15) is 0 Å². The minimum Gasteiger partial charge on any atom is -0.308 e. The number of rotatable bonds is 5. The number of nitrogens with one attached hydrogen (secondary N) is 1. The molecule has 82 valence electrons. The molecule has 0 heterocycles. The number of hydrogen-bond acceptors (Lipinski definition) is 5. The summed E-state index contributed by atoms with van der Waals surface area (Å²) in [7, 11) is 7.43. The molecule has 0 aromatic heterocycles. The molecule has 0 aliphatic carbocycles. The average Bonchev–Trinajstić information content (AvgIpc) is 2.03. The van der Waals surface area contributed by atoms with E-state index in [-0.39, 0.29) is 0 Å². The molecule has 0 aromatic carbocycles. The van der Waals surface area contributed by atoms with E-state index >= 15 is 0 Å². The van der Waals surface area contributed by atoms with Crippen LogP contribution in [-0.4, -0.2) is 61.6 Å². The predicted octanol–water partition coefficient (Wildman–Crippen LogP) is 0.247. The fourth-order valence-corrected chi connectivity index (χ4v) is 0.647. The van der Waals surface area contributed by atoms with Crippen molar-refractivity contribution in [1.82, 2.24) is 20.6 Å². The minimum atomic E-state index is 0.859. The van der Waals surface area contributed by atoms with E-state index in [1.165, 1.54) is 7.05 Å². The maximum atomic E-state index is 8.75. The molecule has 0 atom stereocenters. The van der Waals surface area contributed by atoms with Crippen molar-refractivity contribution in [3.8, 4) is 0 Å². The normalized spacial score (nSPS) is 10.6. The maximum absolute atomic E-state index is 8.75. The van der Waals surface area contributed by atoms with Crippen LogP contribution in [0, 0.1) is 0 Å². The molecule has 0 aromatic rings. The van der Waals surface area contributed by atoms with Crippen molar-refractivity contribution in [2.45, 2.75) is 13.8 Å². The van der Waals surface area contributed by atoms with E-state index in [4.69, 9.17) is 5.21 Å². The van der Waals surface area contributed by atoms with Crippen molar-refractivity contribution in [2.24, 2.45) is 0 Å². The number of likely N-dealkylation sites (N-methyl/N-ethyl adjacent to an activating group) is 2. The summed E-state index contributed by atoms with van der Waals surface area (Å²) < 4.78 is 0. The second-order valence-electron chi connectivity index (χ2n) is 2.85. The lowest BCUT2D eigenvalue weighted by molar-refractivity contribution is -0.164. The molecule has 5 heteroatoms. The molecular weight excluding hydrogens is 168 g/mol. The van der Waals surface area contributed by atoms with Gasteiger partial charge in [0.1, 0.15) is 0 Å². The van der Waals surface area contributed by atoms with Gasteiger partial charge < -0.3 is 4.90 Å². The van der Waals surface area contributed by atoms with Crippen molar-refractivity contribution >= 4 is 0 Å². The molecule has 0 spiro atoms. The Kier molecular flexibility index (Phi) is 11.6. The summed E-state index contributed by atoms with van der Waals surface area (Å²) in [5.74, 6) is 0. The number of nitrogens with zero attached hydrogens (tertiary/aromatic N) is 3. The van der Waals surface area contributed by atoms with Gasteiger partial charge in [-0.1, -0.05) is 13.8 Å². The molecule has 0 amide bonds.